The molecular weight excluding hydrogens is 334 g/mol. The Morgan fingerprint density at radius 3 is 2.84 bits per heavy atom. The molecule has 134 valence electrons. The number of benzene rings is 1. The normalized spacial score (nSPS) is 17.8. The van der Waals surface area contributed by atoms with Gasteiger partial charge in [-0.2, -0.15) is 0 Å². The lowest BCUT2D eigenvalue weighted by atomic mass is 9.93. The molecule has 1 aliphatic rings. The lowest BCUT2D eigenvalue weighted by Crippen LogP contribution is -2.45. The average Bonchev–Trinajstić information content (AvgIpc) is 3.00. The largest absolute Gasteiger partial charge is 0.497 e. The van der Waals surface area contributed by atoms with E-state index in [-0.39, 0.29) is 17.4 Å². The minimum Gasteiger partial charge on any atom is -0.497 e. The molecule has 0 saturated carbocycles. The fourth-order valence-electron chi connectivity index (χ4n) is 2.88. The van der Waals surface area contributed by atoms with Gasteiger partial charge in [0.2, 0.25) is 5.91 Å². The Balaban J connectivity index is 1.58. The third kappa shape index (κ3) is 4.19. The number of ether oxygens (including phenoxy) is 1. The van der Waals surface area contributed by atoms with Crippen LogP contribution in [0.3, 0.4) is 0 Å². The van der Waals surface area contributed by atoms with Gasteiger partial charge in [-0.05, 0) is 24.1 Å². The van der Waals surface area contributed by atoms with Crippen LogP contribution in [0.2, 0.25) is 0 Å². The highest BCUT2D eigenvalue weighted by atomic mass is 32.1. The van der Waals surface area contributed by atoms with E-state index in [4.69, 9.17) is 4.74 Å². The first kappa shape index (κ1) is 17.9. The summed E-state index contributed by atoms with van der Waals surface area (Å²) in [6, 6.07) is 8.35. The second-order valence-corrected chi connectivity index (χ2v) is 8.25. The smallest absolute Gasteiger partial charge is 0.240 e. The van der Waals surface area contributed by atoms with Crippen LogP contribution in [0.1, 0.15) is 44.5 Å². The van der Waals surface area contributed by atoms with E-state index in [0.29, 0.717) is 11.7 Å². The zero-order valence-corrected chi connectivity index (χ0v) is 16.0. The third-order valence-corrected chi connectivity index (χ3v) is 5.23. The summed E-state index contributed by atoms with van der Waals surface area (Å²) in [5.74, 6) is 0.841. The monoisotopic (exact) mass is 359 g/mol. The van der Waals surface area contributed by atoms with E-state index in [1.165, 1.54) is 16.9 Å². The predicted molar refractivity (Wildman–Crippen MR) is 101 cm³/mol. The average molecular weight is 359 g/mol. The summed E-state index contributed by atoms with van der Waals surface area (Å²) in [4.78, 5) is 19.1. The number of likely N-dealkylation sites (tertiary alicyclic amines) is 1. The van der Waals surface area contributed by atoms with Gasteiger partial charge in [0.05, 0.1) is 19.3 Å². The fourth-order valence-corrected chi connectivity index (χ4v) is 3.83. The van der Waals surface area contributed by atoms with Crippen LogP contribution < -0.4 is 10.1 Å². The minimum absolute atomic E-state index is 0.00554. The van der Waals surface area contributed by atoms with Gasteiger partial charge in [0.1, 0.15) is 5.75 Å². The van der Waals surface area contributed by atoms with Crippen LogP contribution in [-0.4, -0.2) is 36.0 Å². The lowest BCUT2D eigenvalue weighted by Gasteiger charge is -2.40. The molecule has 1 aromatic heterocycles. The maximum atomic E-state index is 12.4. The highest BCUT2D eigenvalue weighted by molar-refractivity contribution is 7.13. The summed E-state index contributed by atoms with van der Waals surface area (Å²) in [5, 5.41) is 5.62. The fraction of sp³-hybridized carbons (Fsp3) is 0.474. The Kier molecular flexibility index (Phi) is 5.11. The molecule has 0 aliphatic carbocycles. The van der Waals surface area contributed by atoms with Crippen molar-refractivity contribution in [2.45, 2.75) is 38.6 Å². The predicted octanol–water partition coefficient (Wildman–Crippen LogP) is 3.83. The van der Waals surface area contributed by atoms with Gasteiger partial charge in [-0.25, -0.2) is 4.98 Å². The van der Waals surface area contributed by atoms with E-state index in [9.17, 15) is 4.79 Å². The highest BCUT2D eigenvalue weighted by Crippen LogP contribution is 2.34. The molecular formula is C19H25N3O2S. The molecule has 1 fully saturated rings. The Hall–Kier alpha value is -1.92. The summed E-state index contributed by atoms with van der Waals surface area (Å²) < 4.78 is 5.29. The van der Waals surface area contributed by atoms with Crippen LogP contribution in [0.15, 0.2) is 29.6 Å². The maximum absolute atomic E-state index is 12.4. The number of nitrogens with zero attached hydrogens (tertiary/aromatic N) is 2. The van der Waals surface area contributed by atoms with Crippen molar-refractivity contribution < 1.29 is 9.53 Å². The topological polar surface area (TPSA) is 54.5 Å². The molecule has 1 aromatic carbocycles. The van der Waals surface area contributed by atoms with Gasteiger partial charge in [0.15, 0.2) is 5.13 Å². The van der Waals surface area contributed by atoms with Crippen LogP contribution in [0.5, 0.6) is 5.75 Å². The number of aromatic nitrogens is 1. The van der Waals surface area contributed by atoms with Crippen molar-refractivity contribution in [2.75, 3.05) is 25.5 Å². The van der Waals surface area contributed by atoms with Gasteiger partial charge >= 0.3 is 0 Å². The molecule has 1 amide bonds. The molecule has 3 rings (SSSR count). The summed E-state index contributed by atoms with van der Waals surface area (Å²) in [6.45, 7) is 7.66. The van der Waals surface area contributed by atoms with Gasteiger partial charge in [-0.1, -0.05) is 32.9 Å². The van der Waals surface area contributed by atoms with Crippen molar-refractivity contribution in [1.82, 2.24) is 9.88 Å². The third-order valence-electron chi connectivity index (χ3n) is 4.47. The lowest BCUT2D eigenvalue weighted by molar-refractivity contribution is -0.119. The molecule has 1 atom stereocenters. The first-order valence-corrected chi connectivity index (χ1v) is 9.38. The molecule has 1 N–H and O–H groups in total. The van der Waals surface area contributed by atoms with Crippen LogP contribution in [-0.2, 0) is 10.2 Å². The first-order chi connectivity index (χ1) is 11.9. The molecule has 1 saturated heterocycles. The van der Waals surface area contributed by atoms with Gasteiger partial charge in [0.25, 0.3) is 0 Å². The molecule has 5 nitrogen and oxygen atoms in total. The van der Waals surface area contributed by atoms with Crippen molar-refractivity contribution in [3.63, 3.8) is 0 Å². The maximum Gasteiger partial charge on any atom is 0.240 e. The van der Waals surface area contributed by atoms with Crippen LogP contribution >= 0.6 is 11.3 Å². The zero-order valence-electron chi connectivity index (χ0n) is 15.2. The summed E-state index contributed by atoms with van der Waals surface area (Å²) in [7, 11) is 1.67. The Morgan fingerprint density at radius 1 is 1.44 bits per heavy atom. The second-order valence-electron chi connectivity index (χ2n) is 7.39. The number of carbonyl (C=O) groups is 1. The molecule has 0 bridgehead atoms. The van der Waals surface area contributed by atoms with Crippen LogP contribution in [0.25, 0.3) is 0 Å². The molecule has 6 heteroatoms. The van der Waals surface area contributed by atoms with Crippen LogP contribution in [0, 0.1) is 0 Å². The molecule has 0 radical (unpaired) electrons. The molecule has 0 spiro atoms. The van der Waals surface area contributed by atoms with Crippen LogP contribution in [0.4, 0.5) is 5.13 Å². The molecule has 1 aliphatic heterocycles. The Labute approximate surface area is 153 Å². The van der Waals surface area contributed by atoms with Crippen molar-refractivity contribution in [2.24, 2.45) is 0 Å². The van der Waals surface area contributed by atoms with Gasteiger partial charge in [-0.3, -0.25) is 9.69 Å². The zero-order chi connectivity index (χ0) is 18.0. The van der Waals surface area contributed by atoms with Crippen molar-refractivity contribution in [3.8, 4) is 5.75 Å². The van der Waals surface area contributed by atoms with E-state index in [1.54, 1.807) is 7.11 Å². The number of amides is 1. The van der Waals surface area contributed by atoms with E-state index in [1.807, 2.05) is 23.6 Å². The number of hydrogen-bond donors (Lipinski definition) is 1. The Bertz CT molecular complexity index is 751. The number of thiazole rings is 1. The molecule has 2 heterocycles. The number of methoxy groups -OCH3 is 1. The first-order valence-electron chi connectivity index (χ1n) is 8.50. The SMILES string of the molecule is COc1cccc([C@H]2CCN2CC(=O)Nc2nc(C(C)(C)C)cs2)c1. The quantitative estimate of drug-likeness (QED) is 0.881. The van der Waals surface area contributed by atoms with Gasteiger partial charge in [-0.15, -0.1) is 11.3 Å². The van der Waals surface area contributed by atoms with Gasteiger partial charge < -0.3 is 10.1 Å². The number of nitrogens with one attached hydrogen (secondary N) is 1. The summed E-state index contributed by atoms with van der Waals surface area (Å²) in [5.41, 5.74) is 2.20. The van der Waals surface area contributed by atoms with E-state index < -0.39 is 0 Å². The number of carbonyl (C=O) groups excluding carboxylic acids is 1. The molecule has 0 unspecified atom stereocenters. The van der Waals surface area contributed by atoms with E-state index in [2.05, 4.69) is 42.0 Å². The standard InChI is InChI=1S/C19H25N3O2S/c1-19(2,3)16-12-25-18(20-16)21-17(23)11-22-9-8-15(22)13-6-5-7-14(10-13)24-4/h5-7,10,12,15H,8-9,11H2,1-4H3,(H,20,21,23)/t15-/m1/s1. The number of hydrogen-bond acceptors (Lipinski definition) is 5. The highest BCUT2D eigenvalue weighted by Gasteiger charge is 2.31. The number of rotatable bonds is 5. The van der Waals surface area contributed by atoms with E-state index in [0.717, 1.165) is 24.4 Å². The minimum atomic E-state index is -0.0117. The Morgan fingerprint density at radius 2 is 2.24 bits per heavy atom. The second kappa shape index (κ2) is 7.14. The van der Waals surface area contributed by atoms with Gasteiger partial charge in [0, 0.05) is 23.4 Å². The number of anilines is 1. The molecule has 2 aromatic rings. The van der Waals surface area contributed by atoms with E-state index >= 15 is 0 Å². The van der Waals surface area contributed by atoms with Crippen molar-refractivity contribution in [1.29, 1.82) is 0 Å². The van der Waals surface area contributed by atoms with Crippen molar-refractivity contribution in [3.05, 3.63) is 40.9 Å². The summed E-state index contributed by atoms with van der Waals surface area (Å²) >= 11 is 1.48. The molecule has 25 heavy (non-hydrogen) atoms. The van der Waals surface area contributed by atoms with Crippen molar-refractivity contribution >= 4 is 22.4 Å². The summed E-state index contributed by atoms with van der Waals surface area (Å²) in [6.07, 6.45) is 1.06.